The molecule has 3 amide bonds. The maximum Gasteiger partial charge on any atom is 0.322 e. The van der Waals surface area contributed by atoms with Gasteiger partial charge in [-0.1, -0.05) is 0 Å². The predicted molar refractivity (Wildman–Crippen MR) is 92.7 cm³/mol. The van der Waals surface area contributed by atoms with E-state index in [1.165, 1.54) is 13.8 Å². The molecule has 0 heterocycles. The van der Waals surface area contributed by atoms with Crippen LogP contribution in [0.1, 0.15) is 26.7 Å². The van der Waals surface area contributed by atoms with Crippen LogP contribution in [0.5, 0.6) is 0 Å². The molecule has 0 saturated heterocycles. The molecule has 13 nitrogen and oxygen atoms in total. The van der Waals surface area contributed by atoms with Gasteiger partial charge in [-0.25, -0.2) is 0 Å². The monoisotopic (exact) mass is 406 g/mol. The van der Waals surface area contributed by atoms with Crippen molar-refractivity contribution in [2.24, 2.45) is 5.73 Å². The first-order valence-electron chi connectivity index (χ1n) is 8.30. The van der Waals surface area contributed by atoms with Crippen LogP contribution in [0.4, 0.5) is 0 Å². The summed E-state index contributed by atoms with van der Waals surface area (Å²) in [5.74, 6) is -5.51. The predicted octanol–water partition coefficient (Wildman–Crippen LogP) is -3.89. The van der Waals surface area contributed by atoms with E-state index >= 15 is 0 Å². The number of amides is 3. The van der Waals surface area contributed by atoms with Gasteiger partial charge in [0.1, 0.15) is 24.7 Å². The van der Waals surface area contributed by atoms with E-state index in [4.69, 9.17) is 15.9 Å². The number of carboxylic acids is 2. The molecule has 5 atom stereocenters. The van der Waals surface area contributed by atoms with Crippen LogP contribution in [0.2, 0.25) is 0 Å². The van der Waals surface area contributed by atoms with Gasteiger partial charge in [-0.3, -0.25) is 24.0 Å². The number of carbonyl (C=O) groups is 5. The molecule has 0 spiro atoms. The molecule has 9 N–H and O–H groups in total. The van der Waals surface area contributed by atoms with E-state index in [1.807, 2.05) is 5.32 Å². The van der Waals surface area contributed by atoms with E-state index in [9.17, 15) is 34.2 Å². The lowest BCUT2D eigenvalue weighted by molar-refractivity contribution is -0.139. The molecule has 5 unspecified atom stereocenters. The van der Waals surface area contributed by atoms with Crippen molar-refractivity contribution >= 4 is 29.7 Å². The van der Waals surface area contributed by atoms with Gasteiger partial charge in [-0.15, -0.1) is 0 Å². The third-order valence-electron chi connectivity index (χ3n) is 3.58. The third-order valence-corrected chi connectivity index (χ3v) is 3.58. The first-order chi connectivity index (χ1) is 12.9. The van der Waals surface area contributed by atoms with Crippen LogP contribution in [0, 0.1) is 0 Å². The summed E-state index contributed by atoms with van der Waals surface area (Å²) in [6.45, 7) is 1.66. The molecule has 160 valence electrons. The second kappa shape index (κ2) is 11.8. The van der Waals surface area contributed by atoms with E-state index < -0.39 is 73.0 Å². The summed E-state index contributed by atoms with van der Waals surface area (Å²) in [5, 5.41) is 42.7. The minimum Gasteiger partial charge on any atom is -0.481 e. The lowest BCUT2D eigenvalue weighted by Gasteiger charge is -2.25. The molecule has 0 saturated carbocycles. The molecule has 28 heavy (non-hydrogen) atoms. The SMILES string of the molecule is CC(O)C(N)C(=O)NC(CCC(=O)O)C(=O)NC(C(=O)NCC(=O)O)C(C)O. The highest BCUT2D eigenvalue weighted by Gasteiger charge is 2.31. The normalized spacial score (nSPS) is 16.0. The number of hydrogen-bond acceptors (Lipinski definition) is 8. The van der Waals surface area contributed by atoms with E-state index in [-0.39, 0.29) is 6.42 Å². The summed E-state index contributed by atoms with van der Waals surface area (Å²) in [6.07, 6.45) is -3.53. The van der Waals surface area contributed by atoms with Gasteiger partial charge >= 0.3 is 11.9 Å². The zero-order chi connectivity index (χ0) is 22.0. The average molecular weight is 406 g/mol. The molecule has 0 bridgehead atoms. The molecule has 0 aliphatic carbocycles. The minimum atomic E-state index is -1.55. The van der Waals surface area contributed by atoms with Crippen molar-refractivity contribution in [2.75, 3.05) is 6.54 Å². The van der Waals surface area contributed by atoms with Gasteiger partial charge in [0, 0.05) is 6.42 Å². The quantitative estimate of drug-likeness (QED) is 0.157. The summed E-state index contributed by atoms with van der Waals surface area (Å²) in [7, 11) is 0. The van der Waals surface area contributed by atoms with Crippen molar-refractivity contribution in [1.82, 2.24) is 16.0 Å². The van der Waals surface area contributed by atoms with Crippen molar-refractivity contribution in [1.29, 1.82) is 0 Å². The van der Waals surface area contributed by atoms with Gasteiger partial charge in [0.2, 0.25) is 17.7 Å². The van der Waals surface area contributed by atoms with Crippen molar-refractivity contribution in [3.63, 3.8) is 0 Å². The highest BCUT2D eigenvalue weighted by atomic mass is 16.4. The molecular formula is C15H26N4O9. The first-order valence-corrected chi connectivity index (χ1v) is 8.30. The maximum absolute atomic E-state index is 12.4. The summed E-state index contributed by atoms with van der Waals surface area (Å²) in [6, 6.07) is -4.37. The molecular weight excluding hydrogens is 380 g/mol. The van der Waals surface area contributed by atoms with Crippen LogP contribution < -0.4 is 21.7 Å². The maximum atomic E-state index is 12.4. The van der Waals surface area contributed by atoms with Gasteiger partial charge in [-0.05, 0) is 20.3 Å². The third kappa shape index (κ3) is 9.25. The molecule has 0 fully saturated rings. The van der Waals surface area contributed by atoms with Gasteiger partial charge < -0.3 is 42.1 Å². The molecule has 0 rings (SSSR count). The summed E-state index contributed by atoms with van der Waals surface area (Å²) < 4.78 is 0. The van der Waals surface area contributed by atoms with Gasteiger partial charge in [0.05, 0.1) is 12.2 Å². The topological polar surface area (TPSA) is 228 Å². The van der Waals surface area contributed by atoms with Crippen LogP contribution in [-0.2, 0) is 24.0 Å². The molecule has 13 heteroatoms. The van der Waals surface area contributed by atoms with Crippen LogP contribution in [-0.4, -0.2) is 87.0 Å². The van der Waals surface area contributed by atoms with E-state index in [0.717, 1.165) is 0 Å². The largest absolute Gasteiger partial charge is 0.481 e. The zero-order valence-electron chi connectivity index (χ0n) is 15.4. The minimum absolute atomic E-state index is 0.358. The lowest BCUT2D eigenvalue weighted by atomic mass is 10.1. The summed E-state index contributed by atoms with van der Waals surface area (Å²) in [5.41, 5.74) is 5.46. The van der Waals surface area contributed by atoms with Crippen molar-refractivity contribution in [3.8, 4) is 0 Å². The van der Waals surface area contributed by atoms with Gasteiger partial charge in [-0.2, -0.15) is 0 Å². The van der Waals surface area contributed by atoms with E-state index in [1.54, 1.807) is 0 Å². The Morgan fingerprint density at radius 1 is 0.857 bits per heavy atom. The first kappa shape index (κ1) is 25.2. The highest BCUT2D eigenvalue weighted by Crippen LogP contribution is 2.03. The smallest absolute Gasteiger partial charge is 0.322 e. The number of nitrogens with one attached hydrogen (secondary N) is 3. The fourth-order valence-electron chi connectivity index (χ4n) is 1.96. The number of aliphatic carboxylic acids is 2. The van der Waals surface area contributed by atoms with E-state index in [2.05, 4.69) is 10.6 Å². The number of nitrogens with two attached hydrogens (primary N) is 1. The Morgan fingerprint density at radius 3 is 1.86 bits per heavy atom. The van der Waals surface area contributed by atoms with Crippen LogP contribution in [0.25, 0.3) is 0 Å². The van der Waals surface area contributed by atoms with Crippen LogP contribution in [0.15, 0.2) is 0 Å². The summed E-state index contributed by atoms with van der Waals surface area (Å²) in [4.78, 5) is 57.6. The Balaban J connectivity index is 5.25. The Bertz CT molecular complexity index is 594. The molecule has 0 aliphatic heterocycles. The summed E-state index contributed by atoms with van der Waals surface area (Å²) >= 11 is 0. The van der Waals surface area contributed by atoms with Crippen molar-refractivity contribution in [2.45, 2.75) is 57.0 Å². The number of carboxylic acid groups (broad SMARTS) is 2. The molecule has 0 aromatic rings. The Kier molecular flexibility index (Phi) is 10.7. The average Bonchev–Trinajstić information content (AvgIpc) is 2.59. The van der Waals surface area contributed by atoms with Gasteiger partial charge in [0.15, 0.2) is 0 Å². The van der Waals surface area contributed by atoms with Crippen LogP contribution in [0.3, 0.4) is 0 Å². The molecule has 0 aromatic heterocycles. The van der Waals surface area contributed by atoms with Crippen molar-refractivity contribution < 1.29 is 44.4 Å². The Morgan fingerprint density at radius 2 is 1.43 bits per heavy atom. The Hall–Kier alpha value is -2.77. The Labute approximate surface area is 160 Å². The van der Waals surface area contributed by atoms with E-state index in [0.29, 0.717) is 0 Å². The highest BCUT2D eigenvalue weighted by molar-refractivity contribution is 5.94. The second-order valence-corrected chi connectivity index (χ2v) is 6.10. The number of aliphatic hydroxyl groups excluding tert-OH is 2. The number of rotatable bonds is 12. The van der Waals surface area contributed by atoms with Gasteiger partial charge in [0.25, 0.3) is 0 Å². The zero-order valence-corrected chi connectivity index (χ0v) is 15.4. The fraction of sp³-hybridized carbons (Fsp3) is 0.667. The lowest BCUT2D eigenvalue weighted by Crippen LogP contribution is -2.59. The van der Waals surface area contributed by atoms with Crippen LogP contribution >= 0.6 is 0 Å². The number of carbonyl (C=O) groups excluding carboxylic acids is 3. The van der Waals surface area contributed by atoms with Crippen molar-refractivity contribution in [3.05, 3.63) is 0 Å². The number of aliphatic hydroxyl groups is 2. The second-order valence-electron chi connectivity index (χ2n) is 6.10. The molecule has 0 radical (unpaired) electrons. The number of hydrogen-bond donors (Lipinski definition) is 8. The fourth-order valence-corrected chi connectivity index (χ4v) is 1.96. The molecule has 0 aliphatic rings. The molecule has 0 aromatic carbocycles. The standard InChI is InChI=1S/C15H26N4O9/c1-6(20)11(16)14(27)18-8(3-4-9(22)23)13(26)19-12(7(2)21)15(28)17-5-10(24)25/h6-8,11-12,20-21H,3-5,16H2,1-2H3,(H,17,28)(H,18,27)(H,19,26)(H,22,23)(H,24,25).